The van der Waals surface area contributed by atoms with Gasteiger partial charge in [0.25, 0.3) is 0 Å². The molecule has 1 aromatic carbocycles. The maximum Gasteiger partial charge on any atom is 0.350 e. The number of anilines is 1. The lowest BCUT2D eigenvalue weighted by molar-refractivity contribution is -0.117. The molecule has 142 valence electrons. The van der Waals surface area contributed by atoms with Crippen molar-refractivity contribution >= 4 is 28.0 Å². The van der Waals surface area contributed by atoms with E-state index in [0.717, 1.165) is 26.6 Å². The molecule has 1 N–H and O–H groups in total. The van der Waals surface area contributed by atoms with Gasteiger partial charge in [0, 0.05) is 16.6 Å². The van der Waals surface area contributed by atoms with Crippen LogP contribution in [0.2, 0.25) is 0 Å². The number of ether oxygens (including phenoxy) is 1. The zero-order chi connectivity index (χ0) is 19.7. The van der Waals surface area contributed by atoms with Crippen LogP contribution in [0.1, 0.15) is 4.88 Å². The molecule has 9 heteroatoms. The molecule has 0 fully saturated rings. The zero-order valence-electron chi connectivity index (χ0n) is 15.2. The first-order chi connectivity index (χ1) is 13.5. The molecule has 8 nitrogen and oxygen atoms in total. The Kier molecular flexibility index (Phi) is 4.66. The van der Waals surface area contributed by atoms with E-state index in [-0.39, 0.29) is 18.1 Å². The van der Waals surface area contributed by atoms with Gasteiger partial charge in [-0.25, -0.2) is 14.5 Å². The highest BCUT2D eigenvalue weighted by Gasteiger charge is 2.14. The van der Waals surface area contributed by atoms with Gasteiger partial charge >= 0.3 is 5.69 Å². The smallest absolute Gasteiger partial charge is 0.350 e. The molecule has 0 aliphatic heterocycles. The van der Waals surface area contributed by atoms with Crippen LogP contribution in [-0.2, 0) is 11.3 Å². The number of hydrogen-bond donors (Lipinski definition) is 1. The van der Waals surface area contributed by atoms with Crippen molar-refractivity contribution < 1.29 is 9.53 Å². The van der Waals surface area contributed by atoms with Gasteiger partial charge in [0.05, 0.1) is 12.8 Å². The molecule has 0 aliphatic carbocycles. The first kappa shape index (κ1) is 17.9. The molecule has 0 spiro atoms. The summed E-state index contributed by atoms with van der Waals surface area (Å²) in [7, 11) is 1.62. The second kappa shape index (κ2) is 7.28. The highest BCUT2D eigenvalue weighted by molar-refractivity contribution is 7.16. The van der Waals surface area contributed by atoms with Gasteiger partial charge in [-0.05, 0) is 43.3 Å². The minimum atomic E-state index is -0.361. The van der Waals surface area contributed by atoms with Gasteiger partial charge in [-0.15, -0.1) is 16.4 Å². The van der Waals surface area contributed by atoms with Crippen molar-refractivity contribution in [1.82, 2.24) is 19.2 Å². The normalized spacial score (nSPS) is 10.9. The lowest BCUT2D eigenvalue weighted by atomic mass is 10.1. The number of hydrogen-bond acceptors (Lipinski definition) is 6. The maximum absolute atomic E-state index is 12.4. The third kappa shape index (κ3) is 3.39. The van der Waals surface area contributed by atoms with Crippen LogP contribution in [0.15, 0.2) is 53.5 Å². The Morgan fingerprint density at radius 2 is 2.00 bits per heavy atom. The van der Waals surface area contributed by atoms with Crippen molar-refractivity contribution in [3.8, 4) is 17.0 Å². The molecule has 3 aromatic heterocycles. The second-order valence-electron chi connectivity index (χ2n) is 6.07. The van der Waals surface area contributed by atoms with Crippen molar-refractivity contribution in [1.29, 1.82) is 0 Å². The largest absolute Gasteiger partial charge is 0.497 e. The number of carbonyl (C=O) groups excluding carboxylic acids is 1. The monoisotopic (exact) mass is 395 g/mol. The van der Waals surface area contributed by atoms with Crippen LogP contribution in [0.5, 0.6) is 5.75 Å². The SMILES string of the molecule is COc1ccc(-c2nc(NC(=O)Cn3nc4ccccn4c3=O)sc2C)cc1. The molecule has 4 rings (SSSR count). The standard InChI is InChI=1S/C19H17N5O3S/c1-12-17(13-6-8-14(27-2)9-7-13)21-18(28-12)20-16(25)11-24-19(26)23-10-4-3-5-15(23)22-24/h3-10H,11H2,1-2H3,(H,20,21,25). The van der Waals surface area contributed by atoms with E-state index >= 15 is 0 Å². The summed E-state index contributed by atoms with van der Waals surface area (Å²) in [6, 6.07) is 12.8. The average molecular weight is 395 g/mol. The topological polar surface area (TPSA) is 90.5 Å². The maximum atomic E-state index is 12.4. The molecule has 4 aromatic rings. The number of rotatable bonds is 5. The van der Waals surface area contributed by atoms with E-state index in [1.54, 1.807) is 31.5 Å². The second-order valence-corrected chi connectivity index (χ2v) is 7.27. The Balaban J connectivity index is 1.51. The molecule has 0 bridgehead atoms. The highest BCUT2D eigenvalue weighted by Crippen LogP contribution is 2.31. The Morgan fingerprint density at radius 3 is 2.71 bits per heavy atom. The van der Waals surface area contributed by atoms with Crippen LogP contribution in [0.25, 0.3) is 16.9 Å². The number of thiazole rings is 1. The number of amides is 1. The lowest BCUT2D eigenvalue weighted by Crippen LogP contribution is -2.28. The lowest BCUT2D eigenvalue weighted by Gasteiger charge is -2.02. The van der Waals surface area contributed by atoms with E-state index in [9.17, 15) is 9.59 Å². The Labute approximate surface area is 164 Å². The number of aromatic nitrogens is 4. The van der Waals surface area contributed by atoms with Gasteiger partial charge in [-0.3, -0.25) is 9.20 Å². The fourth-order valence-electron chi connectivity index (χ4n) is 2.83. The van der Waals surface area contributed by atoms with Crippen LogP contribution >= 0.6 is 11.3 Å². The van der Waals surface area contributed by atoms with E-state index in [0.29, 0.717) is 10.8 Å². The summed E-state index contributed by atoms with van der Waals surface area (Å²) in [5.74, 6) is 0.406. The number of carbonyl (C=O) groups is 1. The number of aryl methyl sites for hydroxylation is 1. The summed E-state index contributed by atoms with van der Waals surface area (Å²) in [4.78, 5) is 30.1. The van der Waals surface area contributed by atoms with Gasteiger partial charge in [-0.1, -0.05) is 6.07 Å². The fraction of sp³-hybridized carbons (Fsp3) is 0.158. The molecule has 3 heterocycles. The molecule has 0 atom stereocenters. The molecule has 0 aliphatic rings. The number of pyridine rings is 1. The van der Waals surface area contributed by atoms with E-state index in [2.05, 4.69) is 15.4 Å². The van der Waals surface area contributed by atoms with Gasteiger partial charge in [0.15, 0.2) is 10.8 Å². The highest BCUT2D eigenvalue weighted by atomic mass is 32.1. The van der Waals surface area contributed by atoms with Crippen molar-refractivity contribution in [2.75, 3.05) is 12.4 Å². The van der Waals surface area contributed by atoms with Crippen molar-refractivity contribution in [3.63, 3.8) is 0 Å². The average Bonchev–Trinajstić information content (AvgIpc) is 3.21. The predicted molar refractivity (Wildman–Crippen MR) is 107 cm³/mol. The quantitative estimate of drug-likeness (QED) is 0.561. The van der Waals surface area contributed by atoms with Crippen LogP contribution in [0, 0.1) is 6.92 Å². The van der Waals surface area contributed by atoms with Crippen LogP contribution in [-0.4, -0.2) is 32.2 Å². The molecule has 1 amide bonds. The van der Waals surface area contributed by atoms with Crippen LogP contribution < -0.4 is 15.7 Å². The van der Waals surface area contributed by atoms with Gasteiger partial charge in [0.2, 0.25) is 5.91 Å². The zero-order valence-corrected chi connectivity index (χ0v) is 16.1. The molecule has 28 heavy (non-hydrogen) atoms. The van der Waals surface area contributed by atoms with Gasteiger partial charge < -0.3 is 10.1 Å². The minimum absolute atomic E-state index is 0.184. The number of benzene rings is 1. The predicted octanol–water partition coefficient (Wildman–Crippen LogP) is 2.58. The summed E-state index contributed by atoms with van der Waals surface area (Å²) in [6.07, 6.45) is 1.62. The summed E-state index contributed by atoms with van der Waals surface area (Å²) >= 11 is 1.38. The number of methoxy groups -OCH3 is 1. The Bertz CT molecular complexity index is 1210. The van der Waals surface area contributed by atoms with Crippen molar-refractivity contribution in [2.45, 2.75) is 13.5 Å². The number of nitrogens with zero attached hydrogens (tertiary/aromatic N) is 4. The Hall–Kier alpha value is -3.46. The Morgan fingerprint density at radius 1 is 1.21 bits per heavy atom. The third-order valence-corrected chi connectivity index (χ3v) is 5.07. The molecule has 0 saturated carbocycles. The van der Waals surface area contributed by atoms with E-state index in [1.807, 2.05) is 31.2 Å². The molecular weight excluding hydrogens is 378 g/mol. The van der Waals surface area contributed by atoms with Crippen LogP contribution in [0.4, 0.5) is 5.13 Å². The van der Waals surface area contributed by atoms with Gasteiger partial charge in [-0.2, -0.15) is 0 Å². The molecule has 0 unspecified atom stereocenters. The first-order valence-corrected chi connectivity index (χ1v) is 9.33. The van der Waals surface area contributed by atoms with Crippen molar-refractivity contribution in [2.24, 2.45) is 0 Å². The van der Waals surface area contributed by atoms with Crippen molar-refractivity contribution in [3.05, 3.63) is 64.0 Å². The summed E-state index contributed by atoms with van der Waals surface area (Å²) in [5.41, 5.74) is 1.87. The van der Waals surface area contributed by atoms with Crippen LogP contribution in [0.3, 0.4) is 0 Å². The third-order valence-electron chi connectivity index (χ3n) is 4.19. The molecule has 0 saturated heterocycles. The number of fused-ring (bicyclic) bond motifs is 1. The molecule has 0 radical (unpaired) electrons. The van der Waals surface area contributed by atoms with E-state index < -0.39 is 0 Å². The number of nitrogens with one attached hydrogen (secondary N) is 1. The molecular formula is C19H17N5O3S. The van der Waals surface area contributed by atoms with E-state index in [4.69, 9.17) is 4.74 Å². The summed E-state index contributed by atoms with van der Waals surface area (Å²) < 4.78 is 7.70. The van der Waals surface area contributed by atoms with E-state index in [1.165, 1.54) is 15.7 Å². The van der Waals surface area contributed by atoms with Gasteiger partial charge in [0.1, 0.15) is 12.3 Å². The fourth-order valence-corrected chi connectivity index (χ4v) is 3.68. The minimum Gasteiger partial charge on any atom is -0.497 e. The summed E-state index contributed by atoms with van der Waals surface area (Å²) in [6.45, 7) is 1.76. The first-order valence-electron chi connectivity index (χ1n) is 8.51. The summed E-state index contributed by atoms with van der Waals surface area (Å²) in [5, 5.41) is 7.39.